The number of amides is 3. The fourth-order valence-corrected chi connectivity index (χ4v) is 5.25. The van der Waals surface area contributed by atoms with Crippen molar-refractivity contribution in [3.63, 3.8) is 0 Å². The average Bonchev–Trinajstić information content (AvgIpc) is 3.18. The van der Waals surface area contributed by atoms with E-state index in [1.807, 2.05) is 6.07 Å². The predicted octanol–water partition coefficient (Wildman–Crippen LogP) is 3.27. The molecule has 1 fully saturated rings. The molecule has 0 bridgehead atoms. The maximum absolute atomic E-state index is 12.3. The first kappa shape index (κ1) is 18.9. The van der Waals surface area contributed by atoms with Crippen LogP contribution >= 0.6 is 0 Å². The van der Waals surface area contributed by atoms with E-state index in [-0.39, 0.29) is 5.91 Å². The lowest BCUT2D eigenvalue weighted by Gasteiger charge is -2.45. The summed E-state index contributed by atoms with van der Waals surface area (Å²) in [6, 6.07) is 15.4. The zero-order chi connectivity index (χ0) is 20.7. The van der Waals surface area contributed by atoms with E-state index in [1.165, 1.54) is 22.0 Å². The number of urea groups is 1. The second kappa shape index (κ2) is 7.61. The minimum absolute atomic E-state index is 0.338. The number of aromatic nitrogens is 1. The topological polar surface area (TPSA) is 77.2 Å². The maximum atomic E-state index is 12.3. The number of hydrogen-bond acceptors (Lipinski definition) is 3. The van der Waals surface area contributed by atoms with Gasteiger partial charge in [-0.05, 0) is 55.1 Å². The van der Waals surface area contributed by atoms with Crippen molar-refractivity contribution in [1.29, 1.82) is 0 Å². The summed E-state index contributed by atoms with van der Waals surface area (Å²) >= 11 is 0. The molecule has 2 aliphatic rings. The van der Waals surface area contributed by atoms with E-state index >= 15 is 0 Å². The van der Waals surface area contributed by atoms with Gasteiger partial charge in [-0.1, -0.05) is 30.3 Å². The number of carbonyl (C=O) groups excluding carboxylic acids is 2. The summed E-state index contributed by atoms with van der Waals surface area (Å²) in [5.41, 5.74) is 4.51. The third-order valence-corrected chi connectivity index (χ3v) is 6.63. The van der Waals surface area contributed by atoms with Crippen molar-refractivity contribution < 1.29 is 9.59 Å². The zero-order valence-corrected chi connectivity index (χ0v) is 17.0. The maximum Gasteiger partial charge on any atom is 0.321 e. The third kappa shape index (κ3) is 3.37. The Kier molecular flexibility index (Phi) is 4.79. The van der Waals surface area contributed by atoms with E-state index in [0.29, 0.717) is 30.0 Å². The smallest absolute Gasteiger partial charge is 0.321 e. The molecule has 1 saturated heterocycles. The number of imide groups is 1. The van der Waals surface area contributed by atoms with Gasteiger partial charge in [0.05, 0.1) is 0 Å². The summed E-state index contributed by atoms with van der Waals surface area (Å²) in [6.45, 7) is 1.49. The molecule has 30 heavy (non-hydrogen) atoms. The first-order chi connectivity index (χ1) is 14.6. The van der Waals surface area contributed by atoms with E-state index in [4.69, 9.17) is 0 Å². The molecular weight excluding hydrogens is 376 g/mol. The Morgan fingerprint density at radius 1 is 1.13 bits per heavy atom. The minimum Gasteiger partial charge on any atom is -0.361 e. The number of likely N-dealkylation sites (N-methyl/N-ethyl adjacent to an activating group) is 1. The van der Waals surface area contributed by atoms with Gasteiger partial charge in [-0.15, -0.1) is 0 Å². The van der Waals surface area contributed by atoms with Crippen molar-refractivity contribution in [1.82, 2.24) is 20.5 Å². The zero-order valence-electron chi connectivity index (χ0n) is 17.0. The molecule has 3 amide bonds. The highest BCUT2D eigenvalue weighted by Gasteiger charge is 2.39. The first-order valence-electron chi connectivity index (χ1n) is 10.5. The number of likely N-dealkylation sites (tertiary alicyclic amines) is 1. The number of nitrogens with one attached hydrogen (secondary N) is 3. The lowest BCUT2D eigenvalue weighted by Crippen LogP contribution is -2.51. The number of piperidine rings is 1. The summed E-state index contributed by atoms with van der Waals surface area (Å²) in [7, 11) is 2.18. The number of benzene rings is 2. The summed E-state index contributed by atoms with van der Waals surface area (Å²) in [6.07, 6.45) is 4.25. The van der Waals surface area contributed by atoms with E-state index < -0.39 is 6.03 Å². The average molecular weight is 402 g/mol. The van der Waals surface area contributed by atoms with Gasteiger partial charge in [0.15, 0.2) is 0 Å². The number of fused-ring (bicyclic) bond motifs is 2. The van der Waals surface area contributed by atoms with E-state index in [1.54, 1.807) is 24.3 Å². The standard InChI is InChI=1S/C24H26N4O2/c1-28-14-15(12-26-24(30)27-23(29)16-6-3-2-4-7-16)10-19-18-8-5-9-20-22(18)17(13-25-20)11-21(19)28/h2-9,13,15,19,21,25H,10-12,14H2,1H3,(H2,26,27,29,30)/t15-,19-,21-/m1/s1. The van der Waals surface area contributed by atoms with Crippen molar-refractivity contribution in [3.05, 3.63) is 71.4 Å². The second-order valence-electron chi connectivity index (χ2n) is 8.53. The van der Waals surface area contributed by atoms with Crippen molar-refractivity contribution in [2.75, 3.05) is 20.1 Å². The van der Waals surface area contributed by atoms with Gasteiger partial charge in [-0.2, -0.15) is 0 Å². The van der Waals surface area contributed by atoms with Gasteiger partial charge in [0.25, 0.3) is 5.91 Å². The molecule has 1 aliphatic carbocycles. The van der Waals surface area contributed by atoms with Crippen LogP contribution in [0.3, 0.4) is 0 Å². The molecule has 3 N–H and O–H groups in total. The van der Waals surface area contributed by atoms with Crippen LogP contribution in [-0.2, 0) is 6.42 Å². The second-order valence-corrected chi connectivity index (χ2v) is 8.53. The SMILES string of the molecule is CN1C[C@@H](CNC(=O)NC(=O)c2ccccc2)C[C@@H]2c3cccc4[nH]cc(c34)C[C@H]21. The van der Waals surface area contributed by atoms with Crippen LogP contribution in [0.2, 0.25) is 0 Å². The summed E-state index contributed by atoms with van der Waals surface area (Å²) in [5, 5.41) is 6.71. The molecule has 0 radical (unpaired) electrons. The van der Waals surface area contributed by atoms with Gasteiger partial charge in [0.2, 0.25) is 0 Å². The predicted molar refractivity (Wildman–Crippen MR) is 117 cm³/mol. The molecule has 3 atom stereocenters. The van der Waals surface area contributed by atoms with Gasteiger partial charge in [0, 0.05) is 47.7 Å². The van der Waals surface area contributed by atoms with Crippen molar-refractivity contribution in [2.24, 2.45) is 5.92 Å². The van der Waals surface area contributed by atoms with Crippen LogP contribution in [0.15, 0.2) is 54.7 Å². The Balaban J connectivity index is 1.25. The Hall–Kier alpha value is -3.12. The number of rotatable bonds is 3. The van der Waals surface area contributed by atoms with Gasteiger partial charge in [-0.25, -0.2) is 4.79 Å². The number of hydrogen-bond donors (Lipinski definition) is 3. The highest BCUT2D eigenvalue weighted by Crippen LogP contribution is 2.44. The first-order valence-corrected chi connectivity index (χ1v) is 10.5. The largest absolute Gasteiger partial charge is 0.361 e. The Morgan fingerprint density at radius 3 is 2.80 bits per heavy atom. The van der Waals surface area contributed by atoms with Crippen LogP contribution in [0.5, 0.6) is 0 Å². The highest BCUT2D eigenvalue weighted by atomic mass is 16.2. The molecule has 2 heterocycles. The quantitative estimate of drug-likeness (QED) is 0.629. The minimum atomic E-state index is -0.438. The summed E-state index contributed by atoms with van der Waals surface area (Å²) in [5.74, 6) is 0.411. The van der Waals surface area contributed by atoms with Crippen LogP contribution < -0.4 is 10.6 Å². The Bertz CT molecular complexity index is 1090. The molecule has 0 unspecified atom stereocenters. The normalized spacial score (nSPS) is 23.0. The fraction of sp³-hybridized carbons (Fsp3) is 0.333. The fourth-order valence-electron chi connectivity index (χ4n) is 5.25. The Morgan fingerprint density at radius 2 is 1.97 bits per heavy atom. The molecule has 1 aromatic heterocycles. The molecule has 6 nitrogen and oxygen atoms in total. The van der Waals surface area contributed by atoms with E-state index in [2.05, 4.69) is 52.0 Å². The summed E-state index contributed by atoms with van der Waals surface area (Å²) in [4.78, 5) is 30.3. The summed E-state index contributed by atoms with van der Waals surface area (Å²) < 4.78 is 0. The van der Waals surface area contributed by atoms with Crippen LogP contribution in [0, 0.1) is 5.92 Å². The van der Waals surface area contributed by atoms with Crippen LogP contribution in [-0.4, -0.2) is 48.0 Å². The molecule has 1 aliphatic heterocycles. The molecule has 154 valence electrons. The third-order valence-electron chi connectivity index (χ3n) is 6.63. The van der Waals surface area contributed by atoms with Crippen LogP contribution in [0.25, 0.3) is 10.9 Å². The van der Waals surface area contributed by atoms with Gasteiger partial charge >= 0.3 is 6.03 Å². The van der Waals surface area contributed by atoms with Crippen LogP contribution in [0.4, 0.5) is 4.79 Å². The Labute approximate surface area is 175 Å². The highest BCUT2D eigenvalue weighted by molar-refractivity contribution is 6.04. The number of H-pyrrole nitrogens is 1. The molecular formula is C24H26N4O2. The van der Waals surface area contributed by atoms with Gasteiger partial charge in [0.1, 0.15) is 0 Å². The van der Waals surface area contributed by atoms with Crippen molar-refractivity contribution in [2.45, 2.75) is 24.8 Å². The molecule has 0 spiro atoms. The molecule has 3 aromatic rings. The molecule has 2 aromatic carbocycles. The number of nitrogens with zero attached hydrogens (tertiary/aromatic N) is 1. The lowest BCUT2D eigenvalue weighted by atomic mass is 9.72. The van der Waals surface area contributed by atoms with Gasteiger partial charge < -0.3 is 15.2 Å². The van der Waals surface area contributed by atoms with Crippen LogP contribution in [0.1, 0.15) is 33.8 Å². The van der Waals surface area contributed by atoms with Crippen molar-refractivity contribution in [3.8, 4) is 0 Å². The van der Waals surface area contributed by atoms with Gasteiger partial charge in [-0.3, -0.25) is 10.1 Å². The van der Waals surface area contributed by atoms with E-state index in [0.717, 1.165) is 19.4 Å². The van der Waals surface area contributed by atoms with E-state index in [9.17, 15) is 9.59 Å². The molecule has 6 heteroatoms. The monoisotopic (exact) mass is 402 g/mol. The molecule has 0 saturated carbocycles. The molecule has 5 rings (SSSR count). The van der Waals surface area contributed by atoms with Crippen molar-refractivity contribution >= 4 is 22.8 Å². The number of aromatic amines is 1. The number of carbonyl (C=O) groups is 2. The lowest BCUT2D eigenvalue weighted by molar-refractivity contribution is 0.0959.